The van der Waals surface area contributed by atoms with E-state index >= 15 is 0 Å². The van der Waals surface area contributed by atoms with Gasteiger partial charge in [-0.1, -0.05) is 24.4 Å². The molecule has 1 heterocycles. The van der Waals surface area contributed by atoms with Crippen molar-refractivity contribution in [3.63, 3.8) is 0 Å². The van der Waals surface area contributed by atoms with Gasteiger partial charge in [-0.15, -0.1) is 0 Å². The van der Waals surface area contributed by atoms with Gasteiger partial charge in [-0.3, -0.25) is 14.2 Å². The first kappa shape index (κ1) is 19.8. The lowest BCUT2D eigenvalue weighted by Gasteiger charge is -2.20. The van der Waals surface area contributed by atoms with Crippen molar-refractivity contribution in [2.45, 2.75) is 27.1 Å². The van der Waals surface area contributed by atoms with E-state index in [0.717, 1.165) is 23.4 Å². The molecule has 0 saturated heterocycles. The highest BCUT2D eigenvalue weighted by Gasteiger charge is 2.15. The summed E-state index contributed by atoms with van der Waals surface area (Å²) in [6.45, 7) is 5.19. The highest BCUT2D eigenvalue weighted by Crippen LogP contribution is 2.13. The molecular weight excluding hydrogens is 348 g/mol. The monoisotopic (exact) mass is 373 g/mol. The first-order valence-electron chi connectivity index (χ1n) is 8.37. The van der Waals surface area contributed by atoms with E-state index < -0.39 is 5.91 Å². The smallest absolute Gasteiger partial charge is 0.251 e. The maximum Gasteiger partial charge on any atom is 0.251 e. The van der Waals surface area contributed by atoms with Crippen molar-refractivity contribution in [2.75, 3.05) is 14.1 Å². The first-order valence-corrected chi connectivity index (χ1v) is 8.78. The third-order valence-corrected chi connectivity index (χ3v) is 4.75. The first-order chi connectivity index (χ1) is 12.2. The second-order valence-corrected chi connectivity index (χ2v) is 6.90. The number of rotatable bonds is 6. The van der Waals surface area contributed by atoms with E-state index in [2.05, 4.69) is 12.4 Å². The molecule has 7 heteroatoms. The number of quaternary nitrogens is 1. The van der Waals surface area contributed by atoms with Crippen LogP contribution in [0.2, 0.25) is 0 Å². The third kappa shape index (κ3) is 4.36. The van der Waals surface area contributed by atoms with E-state index in [9.17, 15) is 9.59 Å². The number of nitrogens with zero attached hydrogens (tertiary/aromatic N) is 1. The summed E-state index contributed by atoms with van der Waals surface area (Å²) in [4.78, 5) is 24.5. The SMILES string of the molecule is CNC(=O)c1ccc(C[NH+](C)Cn2c(C)cc(C)c(C(N)=O)c2=S)cc1. The predicted octanol–water partition coefficient (Wildman–Crippen LogP) is 0.965. The predicted molar refractivity (Wildman–Crippen MR) is 104 cm³/mol. The number of carbonyl (C=O) groups is 2. The summed E-state index contributed by atoms with van der Waals surface area (Å²) in [5.41, 5.74) is 9.44. The van der Waals surface area contributed by atoms with Gasteiger partial charge in [0.1, 0.15) is 11.2 Å². The molecule has 0 aliphatic carbocycles. The number of nitrogens with one attached hydrogen (secondary N) is 2. The second kappa shape index (κ2) is 8.25. The fourth-order valence-corrected chi connectivity index (χ4v) is 3.49. The van der Waals surface area contributed by atoms with E-state index in [1.165, 1.54) is 4.90 Å². The molecule has 0 saturated carbocycles. The number of aromatic nitrogens is 1. The topological polar surface area (TPSA) is 81.6 Å². The van der Waals surface area contributed by atoms with Crippen molar-refractivity contribution in [3.8, 4) is 0 Å². The fourth-order valence-electron chi connectivity index (χ4n) is 3.02. The highest BCUT2D eigenvalue weighted by molar-refractivity contribution is 7.71. The van der Waals surface area contributed by atoms with Crippen molar-refractivity contribution in [1.82, 2.24) is 9.88 Å². The number of primary amides is 1. The Labute approximate surface area is 158 Å². The number of hydrogen-bond acceptors (Lipinski definition) is 3. The van der Waals surface area contributed by atoms with Crippen LogP contribution in [0, 0.1) is 18.5 Å². The lowest BCUT2D eigenvalue weighted by molar-refractivity contribution is -0.917. The Morgan fingerprint density at radius 1 is 1.23 bits per heavy atom. The van der Waals surface area contributed by atoms with Crippen molar-refractivity contribution in [3.05, 3.63) is 62.9 Å². The average molecular weight is 374 g/mol. The minimum atomic E-state index is -0.497. The van der Waals surface area contributed by atoms with Gasteiger partial charge >= 0.3 is 0 Å². The fraction of sp³-hybridized carbons (Fsp3) is 0.316. The second-order valence-electron chi connectivity index (χ2n) is 6.51. The van der Waals surface area contributed by atoms with E-state index in [1.807, 2.05) is 48.7 Å². The molecule has 2 rings (SSSR count). The van der Waals surface area contributed by atoms with Crippen LogP contribution in [0.3, 0.4) is 0 Å². The Kier molecular flexibility index (Phi) is 6.28. The van der Waals surface area contributed by atoms with Crippen LogP contribution in [-0.2, 0) is 13.2 Å². The highest BCUT2D eigenvalue weighted by atomic mass is 32.1. The van der Waals surface area contributed by atoms with Gasteiger partial charge in [-0.2, -0.15) is 0 Å². The molecule has 1 aromatic heterocycles. The third-order valence-electron chi connectivity index (χ3n) is 4.33. The van der Waals surface area contributed by atoms with E-state index in [1.54, 1.807) is 7.05 Å². The van der Waals surface area contributed by atoms with Gasteiger partial charge in [0, 0.05) is 23.9 Å². The van der Waals surface area contributed by atoms with Crippen molar-refractivity contribution < 1.29 is 14.5 Å². The zero-order valence-corrected chi connectivity index (χ0v) is 16.4. The Morgan fingerprint density at radius 2 is 1.85 bits per heavy atom. The zero-order chi connectivity index (χ0) is 19.4. The maximum absolute atomic E-state index is 11.7. The molecule has 0 aliphatic heterocycles. The molecule has 1 aromatic carbocycles. The van der Waals surface area contributed by atoms with Crippen LogP contribution in [0.5, 0.6) is 0 Å². The lowest BCUT2D eigenvalue weighted by atomic mass is 10.1. The molecule has 4 N–H and O–H groups in total. The molecule has 0 fully saturated rings. The van der Waals surface area contributed by atoms with Gasteiger partial charge in [-0.25, -0.2) is 0 Å². The molecule has 0 spiro atoms. The quantitative estimate of drug-likeness (QED) is 0.660. The number of benzene rings is 1. The van der Waals surface area contributed by atoms with Crippen LogP contribution in [0.4, 0.5) is 0 Å². The van der Waals surface area contributed by atoms with Crippen molar-refractivity contribution in [2.24, 2.45) is 5.73 Å². The Hall–Kier alpha value is -2.51. The number of nitrogens with two attached hydrogens (primary N) is 1. The molecule has 2 aromatic rings. The van der Waals surface area contributed by atoms with Crippen LogP contribution >= 0.6 is 12.2 Å². The average Bonchev–Trinajstić information content (AvgIpc) is 2.58. The standard InChI is InChI=1S/C19H24N4O2S/c1-12-9-13(2)23(19(26)16(12)17(20)24)11-22(4)10-14-5-7-15(8-6-14)18(25)21-3/h5-9H,10-11H2,1-4H3,(H2,20,24)(H,21,25)/p+1. The number of carbonyl (C=O) groups excluding carboxylic acids is 2. The van der Waals surface area contributed by atoms with Crippen molar-refractivity contribution in [1.29, 1.82) is 0 Å². The van der Waals surface area contributed by atoms with E-state index in [4.69, 9.17) is 18.0 Å². The summed E-state index contributed by atoms with van der Waals surface area (Å²) in [6, 6.07) is 9.46. The molecule has 138 valence electrons. The number of pyridine rings is 1. The summed E-state index contributed by atoms with van der Waals surface area (Å²) in [5, 5.41) is 2.61. The zero-order valence-electron chi connectivity index (χ0n) is 15.6. The summed E-state index contributed by atoms with van der Waals surface area (Å²) in [5.74, 6) is -0.596. The van der Waals surface area contributed by atoms with Gasteiger partial charge in [0.15, 0.2) is 6.67 Å². The molecule has 1 atom stereocenters. The minimum absolute atomic E-state index is 0.0992. The number of aryl methyl sites for hydroxylation is 2. The maximum atomic E-state index is 11.7. The van der Waals surface area contributed by atoms with Gasteiger partial charge in [0.25, 0.3) is 11.8 Å². The molecule has 26 heavy (non-hydrogen) atoms. The Bertz CT molecular complexity index is 888. The van der Waals surface area contributed by atoms with Crippen LogP contribution < -0.4 is 16.0 Å². The normalized spacial score (nSPS) is 11.8. The number of hydrogen-bond donors (Lipinski definition) is 3. The van der Waals surface area contributed by atoms with E-state index in [-0.39, 0.29) is 5.91 Å². The number of amides is 2. The lowest BCUT2D eigenvalue weighted by Crippen LogP contribution is -3.07. The van der Waals surface area contributed by atoms with Crippen LogP contribution in [-0.4, -0.2) is 30.5 Å². The van der Waals surface area contributed by atoms with Crippen LogP contribution in [0.1, 0.15) is 37.5 Å². The van der Waals surface area contributed by atoms with Crippen molar-refractivity contribution >= 4 is 24.0 Å². The Morgan fingerprint density at radius 3 is 2.38 bits per heavy atom. The molecular formula is C19H25N4O2S+. The van der Waals surface area contributed by atoms with E-state index in [0.29, 0.717) is 22.4 Å². The van der Waals surface area contributed by atoms with Gasteiger partial charge in [0.05, 0.1) is 12.6 Å². The minimum Gasteiger partial charge on any atom is -0.365 e. The molecule has 0 radical (unpaired) electrons. The molecule has 2 amide bonds. The van der Waals surface area contributed by atoms with Crippen LogP contribution in [0.25, 0.3) is 0 Å². The molecule has 0 aliphatic rings. The molecule has 0 bridgehead atoms. The summed E-state index contributed by atoms with van der Waals surface area (Å²) >= 11 is 5.49. The Balaban J connectivity index is 2.19. The molecule has 1 unspecified atom stereocenters. The summed E-state index contributed by atoms with van der Waals surface area (Å²) in [7, 11) is 3.67. The van der Waals surface area contributed by atoms with Crippen LogP contribution in [0.15, 0.2) is 30.3 Å². The van der Waals surface area contributed by atoms with Gasteiger partial charge in [-0.05, 0) is 37.6 Å². The summed E-state index contributed by atoms with van der Waals surface area (Å²) in [6.07, 6.45) is 0. The summed E-state index contributed by atoms with van der Waals surface area (Å²) < 4.78 is 2.42. The largest absolute Gasteiger partial charge is 0.365 e. The molecule has 6 nitrogen and oxygen atoms in total. The van der Waals surface area contributed by atoms with Gasteiger partial charge in [0.2, 0.25) is 0 Å². The van der Waals surface area contributed by atoms with Gasteiger partial charge < -0.3 is 16.0 Å².